The molecular weight excluding hydrogens is 373 g/mol. The summed E-state index contributed by atoms with van der Waals surface area (Å²) in [5.41, 5.74) is 9.84. The van der Waals surface area contributed by atoms with Crippen molar-refractivity contribution in [3.8, 4) is 22.8 Å². The fraction of sp³-hybridized carbons (Fsp3) is 0.150. The number of aromatic amines is 1. The van der Waals surface area contributed by atoms with Crippen LogP contribution in [0, 0.1) is 19.7 Å². The summed E-state index contributed by atoms with van der Waals surface area (Å²) in [4.78, 5) is 8.98. The van der Waals surface area contributed by atoms with E-state index in [4.69, 9.17) is 10.5 Å². The molecule has 3 N–H and O–H groups in total. The first-order valence-electron chi connectivity index (χ1n) is 8.90. The van der Waals surface area contributed by atoms with E-state index in [0.717, 1.165) is 17.0 Å². The first kappa shape index (κ1) is 18.5. The van der Waals surface area contributed by atoms with Crippen molar-refractivity contribution >= 4 is 11.5 Å². The molecule has 9 heteroatoms. The summed E-state index contributed by atoms with van der Waals surface area (Å²) in [7, 11) is 1.54. The van der Waals surface area contributed by atoms with E-state index in [0.29, 0.717) is 22.9 Å². The van der Waals surface area contributed by atoms with Gasteiger partial charge in [-0.25, -0.2) is 23.6 Å². The molecule has 0 amide bonds. The van der Waals surface area contributed by atoms with E-state index in [1.165, 1.54) is 12.1 Å². The zero-order valence-corrected chi connectivity index (χ0v) is 16.2. The number of ether oxygens (including phenoxy) is 1. The molecule has 0 fully saturated rings. The Morgan fingerprint density at radius 2 is 1.90 bits per heavy atom. The second-order valence-electron chi connectivity index (χ2n) is 6.53. The molecular formula is C20H20FN7O. The van der Waals surface area contributed by atoms with Crippen LogP contribution in [0.3, 0.4) is 0 Å². The molecule has 29 heavy (non-hydrogen) atoms. The van der Waals surface area contributed by atoms with Gasteiger partial charge in [-0.3, -0.25) is 5.10 Å². The minimum atomic E-state index is -0.315. The Morgan fingerprint density at radius 3 is 2.55 bits per heavy atom. The van der Waals surface area contributed by atoms with Gasteiger partial charge in [0.15, 0.2) is 17.2 Å². The first-order chi connectivity index (χ1) is 14.0. The molecule has 0 aliphatic heterocycles. The Balaban J connectivity index is 1.94. The van der Waals surface area contributed by atoms with Gasteiger partial charge in [0.25, 0.3) is 0 Å². The van der Waals surface area contributed by atoms with Crippen molar-refractivity contribution in [3.05, 3.63) is 66.0 Å². The van der Waals surface area contributed by atoms with Crippen molar-refractivity contribution in [3.63, 3.8) is 0 Å². The number of aromatic nitrogens is 6. The highest BCUT2D eigenvalue weighted by Crippen LogP contribution is 2.32. The Morgan fingerprint density at radius 1 is 1.14 bits per heavy atom. The maximum Gasteiger partial charge on any atom is 0.198 e. The number of hydrogen-bond donors (Lipinski definition) is 2. The van der Waals surface area contributed by atoms with Crippen molar-refractivity contribution in [1.82, 2.24) is 29.4 Å². The van der Waals surface area contributed by atoms with Gasteiger partial charge < -0.3 is 10.5 Å². The van der Waals surface area contributed by atoms with Gasteiger partial charge in [-0.15, -0.1) is 0 Å². The van der Waals surface area contributed by atoms with E-state index >= 15 is 0 Å². The SMILES string of the molecule is COc1c(-c2ccc(F)cc2)[nH]n2ccnc(-n3nc(C)cc3C)cc(N)nc12. The number of methoxy groups -OCH3 is 1. The third-order valence-corrected chi connectivity index (χ3v) is 4.39. The second-order valence-corrected chi connectivity index (χ2v) is 6.53. The third-order valence-electron chi connectivity index (χ3n) is 4.39. The molecule has 0 aliphatic rings. The number of benzene rings is 1. The van der Waals surface area contributed by atoms with Crippen molar-refractivity contribution in [2.75, 3.05) is 12.8 Å². The van der Waals surface area contributed by atoms with Crippen molar-refractivity contribution < 1.29 is 9.13 Å². The summed E-state index contributed by atoms with van der Waals surface area (Å²) in [6.07, 6.45) is 3.32. The number of nitrogen functional groups attached to an aromatic ring is 1. The van der Waals surface area contributed by atoms with Gasteiger partial charge in [0, 0.05) is 29.7 Å². The normalized spacial score (nSPS) is 10.9. The highest BCUT2D eigenvalue weighted by atomic mass is 19.1. The lowest BCUT2D eigenvalue weighted by atomic mass is 10.1. The Bertz CT molecular complexity index is 1240. The lowest BCUT2D eigenvalue weighted by Crippen LogP contribution is -2.01. The fourth-order valence-electron chi connectivity index (χ4n) is 3.14. The zero-order chi connectivity index (χ0) is 20.5. The first-order valence-corrected chi connectivity index (χ1v) is 8.90. The number of nitrogens with two attached hydrogens (primary N) is 1. The molecule has 0 saturated carbocycles. The topological polar surface area (TPSA) is 99.0 Å². The van der Waals surface area contributed by atoms with E-state index in [-0.39, 0.29) is 11.6 Å². The molecule has 0 saturated heterocycles. The standard InChI is InChI=1S/C20H20FN7O/c1-12-10-13(2)28(25-12)17-11-16(22)24-20-19(29-3)18(26-27(20)9-8-23-17)14-4-6-15(21)7-5-14/h4-11,26H,22H2,1-3H3. The van der Waals surface area contributed by atoms with E-state index in [9.17, 15) is 4.39 Å². The molecule has 3 heterocycles. The predicted molar refractivity (Wildman–Crippen MR) is 108 cm³/mol. The average Bonchev–Trinajstić information content (AvgIpc) is 3.21. The van der Waals surface area contributed by atoms with Gasteiger partial charge >= 0.3 is 0 Å². The number of H-pyrrole nitrogens is 1. The maximum atomic E-state index is 13.3. The second kappa shape index (κ2) is 7.27. The van der Waals surface area contributed by atoms with Crippen molar-refractivity contribution in [1.29, 1.82) is 0 Å². The number of hydrogen-bond acceptors (Lipinski definition) is 5. The van der Waals surface area contributed by atoms with Gasteiger partial charge in [-0.2, -0.15) is 5.10 Å². The molecule has 0 spiro atoms. The smallest absolute Gasteiger partial charge is 0.198 e. The lowest BCUT2D eigenvalue weighted by molar-refractivity contribution is 0.420. The molecule has 8 nitrogen and oxygen atoms in total. The van der Waals surface area contributed by atoms with Gasteiger partial charge in [0.2, 0.25) is 0 Å². The van der Waals surface area contributed by atoms with Crippen LogP contribution in [0.15, 0.2) is 48.8 Å². The van der Waals surface area contributed by atoms with Gasteiger partial charge in [0.1, 0.15) is 17.3 Å². The number of aryl methyl sites for hydroxylation is 2. The molecule has 1 aromatic carbocycles. The summed E-state index contributed by atoms with van der Waals surface area (Å²) >= 11 is 0. The molecule has 0 unspecified atom stereocenters. The van der Waals surface area contributed by atoms with E-state index in [2.05, 4.69) is 20.2 Å². The van der Waals surface area contributed by atoms with Crippen LogP contribution in [0.25, 0.3) is 22.7 Å². The van der Waals surface area contributed by atoms with Gasteiger partial charge in [-0.05, 0) is 44.2 Å². The van der Waals surface area contributed by atoms with Crippen LogP contribution in [0.4, 0.5) is 10.2 Å². The minimum absolute atomic E-state index is 0.233. The Hall–Kier alpha value is -3.88. The number of halogens is 1. The average molecular weight is 393 g/mol. The lowest BCUT2D eigenvalue weighted by Gasteiger charge is -2.02. The van der Waals surface area contributed by atoms with Crippen LogP contribution in [-0.4, -0.2) is 36.5 Å². The largest absolute Gasteiger partial charge is 0.491 e. The molecule has 0 atom stereocenters. The number of anilines is 1. The highest BCUT2D eigenvalue weighted by Gasteiger charge is 2.15. The van der Waals surface area contributed by atoms with Crippen LogP contribution < -0.4 is 10.5 Å². The van der Waals surface area contributed by atoms with Crippen LogP contribution in [0.5, 0.6) is 5.75 Å². The molecule has 3 aromatic heterocycles. The molecule has 148 valence electrons. The molecule has 0 radical (unpaired) electrons. The number of nitrogens with zero attached hydrogens (tertiary/aromatic N) is 5. The minimum Gasteiger partial charge on any atom is -0.491 e. The van der Waals surface area contributed by atoms with Crippen LogP contribution in [0.2, 0.25) is 0 Å². The highest BCUT2D eigenvalue weighted by molar-refractivity contribution is 5.75. The van der Waals surface area contributed by atoms with E-state index < -0.39 is 0 Å². The molecule has 0 bridgehead atoms. The monoisotopic (exact) mass is 393 g/mol. The molecule has 4 rings (SSSR count). The van der Waals surface area contributed by atoms with E-state index in [1.54, 1.807) is 46.9 Å². The summed E-state index contributed by atoms with van der Waals surface area (Å²) in [6, 6.07) is 9.68. The van der Waals surface area contributed by atoms with Crippen LogP contribution in [-0.2, 0) is 0 Å². The number of rotatable bonds is 3. The van der Waals surface area contributed by atoms with Crippen LogP contribution in [0.1, 0.15) is 11.4 Å². The number of fused-ring (bicyclic) bond motifs is 1. The van der Waals surface area contributed by atoms with Crippen molar-refractivity contribution in [2.45, 2.75) is 13.8 Å². The zero-order valence-electron chi connectivity index (χ0n) is 16.2. The molecule has 4 aromatic rings. The molecule has 0 aliphatic carbocycles. The fourth-order valence-corrected chi connectivity index (χ4v) is 3.14. The number of nitrogens with one attached hydrogen (secondary N) is 1. The summed E-state index contributed by atoms with van der Waals surface area (Å²) in [5.74, 6) is 0.935. The summed E-state index contributed by atoms with van der Waals surface area (Å²) in [5, 5.41) is 7.63. The predicted octanol–water partition coefficient (Wildman–Crippen LogP) is 3.38. The Kier molecular flexibility index (Phi) is 4.63. The van der Waals surface area contributed by atoms with E-state index in [1.807, 2.05) is 19.9 Å². The summed E-state index contributed by atoms with van der Waals surface area (Å²) < 4.78 is 22.2. The maximum absolute atomic E-state index is 13.3. The Labute approximate surface area is 166 Å². The summed E-state index contributed by atoms with van der Waals surface area (Å²) in [6.45, 7) is 3.85. The quantitative estimate of drug-likeness (QED) is 0.556. The third kappa shape index (κ3) is 3.49. The van der Waals surface area contributed by atoms with Crippen LogP contribution >= 0.6 is 0 Å². The van der Waals surface area contributed by atoms with Crippen molar-refractivity contribution in [2.24, 2.45) is 0 Å². The van der Waals surface area contributed by atoms with Gasteiger partial charge in [-0.1, -0.05) is 0 Å². The van der Waals surface area contributed by atoms with Gasteiger partial charge in [0.05, 0.1) is 12.8 Å².